The Bertz CT molecular complexity index is 729. The van der Waals surface area contributed by atoms with Gasteiger partial charge in [0.15, 0.2) is 0 Å². The van der Waals surface area contributed by atoms with Gasteiger partial charge in [-0.2, -0.15) is 0 Å². The Balaban J connectivity index is 2.26. The molecule has 0 saturated heterocycles. The number of primary amides is 1. The number of carbonyl (C=O) groups excluding carboxylic acids is 1. The van der Waals surface area contributed by atoms with Crippen molar-refractivity contribution in [2.24, 2.45) is 5.73 Å². The minimum absolute atomic E-state index is 0.244. The van der Waals surface area contributed by atoms with Crippen LogP contribution in [-0.4, -0.2) is 10.9 Å². The predicted octanol–water partition coefficient (Wildman–Crippen LogP) is 2.86. The molecule has 3 aromatic rings. The van der Waals surface area contributed by atoms with Crippen molar-refractivity contribution in [2.45, 2.75) is 6.42 Å². The Morgan fingerprint density at radius 1 is 1.00 bits per heavy atom. The molecule has 0 spiro atoms. The minimum atomic E-state index is -0.318. The highest BCUT2D eigenvalue weighted by atomic mass is 16.1. The van der Waals surface area contributed by atoms with Crippen LogP contribution in [0.2, 0.25) is 0 Å². The van der Waals surface area contributed by atoms with Gasteiger partial charge in [-0.1, -0.05) is 48.5 Å². The first-order valence-corrected chi connectivity index (χ1v) is 6.19. The number of carbonyl (C=O) groups is 1. The molecule has 3 N–H and O–H groups in total. The highest BCUT2D eigenvalue weighted by Gasteiger charge is 2.14. The molecule has 94 valence electrons. The lowest BCUT2D eigenvalue weighted by atomic mass is 10.0. The molecule has 0 radical (unpaired) electrons. The van der Waals surface area contributed by atoms with Crippen LogP contribution >= 0.6 is 0 Å². The Morgan fingerprint density at radius 3 is 2.42 bits per heavy atom. The number of hydrogen-bond acceptors (Lipinski definition) is 1. The second-order valence-electron chi connectivity index (χ2n) is 4.53. The second-order valence-corrected chi connectivity index (χ2v) is 4.53. The number of nitrogens with two attached hydrogens (primary N) is 1. The lowest BCUT2D eigenvalue weighted by Crippen LogP contribution is -2.13. The molecule has 0 bridgehead atoms. The van der Waals surface area contributed by atoms with Gasteiger partial charge >= 0.3 is 0 Å². The average molecular weight is 250 g/mol. The van der Waals surface area contributed by atoms with Crippen LogP contribution in [0.15, 0.2) is 54.6 Å². The molecule has 0 aliphatic carbocycles. The maximum atomic E-state index is 11.3. The molecule has 0 unspecified atom stereocenters. The third-order valence-electron chi connectivity index (χ3n) is 3.23. The molecule has 3 heteroatoms. The number of aromatic nitrogens is 1. The van der Waals surface area contributed by atoms with E-state index in [1.54, 1.807) is 0 Å². The SMILES string of the molecule is NC(=O)Cc1c(-c2ccccc2)[nH]c2ccccc12. The zero-order valence-electron chi connectivity index (χ0n) is 10.4. The van der Waals surface area contributed by atoms with Crippen molar-refractivity contribution in [3.8, 4) is 11.3 Å². The summed E-state index contributed by atoms with van der Waals surface area (Å²) >= 11 is 0. The van der Waals surface area contributed by atoms with E-state index in [-0.39, 0.29) is 12.3 Å². The maximum absolute atomic E-state index is 11.3. The monoisotopic (exact) mass is 250 g/mol. The molecule has 0 aliphatic heterocycles. The molecule has 0 fully saturated rings. The number of fused-ring (bicyclic) bond motifs is 1. The van der Waals surface area contributed by atoms with E-state index in [2.05, 4.69) is 4.98 Å². The molecular formula is C16H14N2O. The van der Waals surface area contributed by atoms with Crippen molar-refractivity contribution in [3.05, 3.63) is 60.2 Å². The molecule has 0 saturated carbocycles. The summed E-state index contributed by atoms with van der Waals surface area (Å²) in [6.07, 6.45) is 0.244. The van der Waals surface area contributed by atoms with Gasteiger partial charge in [0.25, 0.3) is 0 Å². The van der Waals surface area contributed by atoms with Crippen molar-refractivity contribution in [1.82, 2.24) is 4.98 Å². The van der Waals surface area contributed by atoms with Gasteiger partial charge < -0.3 is 10.7 Å². The van der Waals surface area contributed by atoms with Gasteiger partial charge in [0.05, 0.1) is 12.1 Å². The Kier molecular flexibility index (Phi) is 2.80. The highest BCUT2D eigenvalue weighted by Crippen LogP contribution is 2.30. The number of H-pyrrole nitrogens is 1. The summed E-state index contributed by atoms with van der Waals surface area (Å²) in [5.74, 6) is -0.318. The van der Waals surface area contributed by atoms with Gasteiger partial charge in [0.2, 0.25) is 5.91 Å². The third-order valence-corrected chi connectivity index (χ3v) is 3.23. The number of aromatic amines is 1. The van der Waals surface area contributed by atoms with E-state index in [1.165, 1.54) is 0 Å². The average Bonchev–Trinajstić information content (AvgIpc) is 2.78. The fraction of sp³-hybridized carbons (Fsp3) is 0.0625. The number of rotatable bonds is 3. The van der Waals surface area contributed by atoms with Gasteiger partial charge in [-0.25, -0.2) is 0 Å². The van der Waals surface area contributed by atoms with Crippen LogP contribution in [0.5, 0.6) is 0 Å². The summed E-state index contributed by atoms with van der Waals surface area (Å²) in [6.45, 7) is 0. The molecule has 3 nitrogen and oxygen atoms in total. The Labute approximate surface area is 111 Å². The van der Waals surface area contributed by atoms with Crippen molar-refractivity contribution in [3.63, 3.8) is 0 Å². The van der Waals surface area contributed by atoms with E-state index in [1.807, 2.05) is 54.6 Å². The van der Waals surface area contributed by atoms with Crippen LogP contribution < -0.4 is 5.73 Å². The number of amides is 1. The second kappa shape index (κ2) is 4.61. The summed E-state index contributed by atoms with van der Waals surface area (Å²) in [5, 5.41) is 1.06. The molecule has 2 aromatic carbocycles. The Hall–Kier alpha value is -2.55. The van der Waals surface area contributed by atoms with Gasteiger partial charge in [-0.15, -0.1) is 0 Å². The van der Waals surface area contributed by atoms with Crippen LogP contribution in [0.3, 0.4) is 0 Å². The normalized spacial score (nSPS) is 10.7. The maximum Gasteiger partial charge on any atom is 0.221 e. The molecule has 1 aromatic heterocycles. The smallest absolute Gasteiger partial charge is 0.221 e. The molecule has 1 amide bonds. The first-order chi connectivity index (χ1) is 9.25. The van der Waals surface area contributed by atoms with Crippen LogP contribution in [0.25, 0.3) is 22.2 Å². The predicted molar refractivity (Wildman–Crippen MR) is 76.6 cm³/mol. The van der Waals surface area contributed by atoms with Crippen molar-refractivity contribution < 1.29 is 4.79 Å². The van der Waals surface area contributed by atoms with E-state index in [0.717, 1.165) is 27.7 Å². The Morgan fingerprint density at radius 2 is 1.68 bits per heavy atom. The number of nitrogens with one attached hydrogen (secondary N) is 1. The first-order valence-electron chi connectivity index (χ1n) is 6.19. The zero-order chi connectivity index (χ0) is 13.2. The van der Waals surface area contributed by atoms with Gasteiger partial charge in [0.1, 0.15) is 0 Å². The molecule has 0 aliphatic rings. The quantitative estimate of drug-likeness (QED) is 0.737. The van der Waals surface area contributed by atoms with Gasteiger partial charge in [0, 0.05) is 10.9 Å². The third kappa shape index (κ3) is 2.10. The number of para-hydroxylation sites is 1. The standard InChI is InChI=1S/C16H14N2O/c17-15(19)10-13-12-8-4-5-9-14(12)18-16(13)11-6-2-1-3-7-11/h1-9,18H,10H2,(H2,17,19). The van der Waals surface area contributed by atoms with Crippen molar-refractivity contribution in [1.29, 1.82) is 0 Å². The highest BCUT2D eigenvalue weighted by molar-refractivity contribution is 5.94. The summed E-state index contributed by atoms with van der Waals surface area (Å²) in [4.78, 5) is 14.7. The summed E-state index contributed by atoms with van der Waals surface area (Å²) in [6, 6.07) is 17.9. The molecule has 3 rings (SSSR count). The van der Waals surface area contributed by atoms with E-state index in [0.29, 0.717) is 0 Å². The molecule has 0 atom stereocenters. The minimum Gasteiger partial charge on any atom is -0.369 e. The van der Waals surface area contributed by atoms with E-state index in [4.69, 9.17) is 5.73 Å². The van der Waals surface area contributed by atoms with Gasteiger partial charge in [-0.05, 0) is 17.2 Å². The first kappa shape index (κ1) is 11.5. The van der Waals surface area contributed by atoms with Crippen molar-refractivity contribution >= 4 is 16.8 Å². The fourth-order valence-electron chi connectivity index (χ4n) is 2.41. The molecular weight excluding hydrogens is 236 g/mol. The summed E-state index contributed by atoms with van der Waals surface area (Å²) in [5.41, 5.74) is 9.40. The summed E-state index contributed by atoms with van der Waals surface area (Å²) < 4.78 is 0. The largest absolute Gasteiger partial charge is 0.369 e. The van der Waals surface area contributed by atoms with Crippen LogP contribution in [0.1, 0.15) is 5.56 Å². The van der Waals surface area contributed by atoms with Crippen LogP contribution in [0, 0.1) is 0 Å². The summed E-state index contributed by atoms with van der Waals surface area (Å²) in [7, 11) is 0. The number of hydrogen-bond donors (Lipinski definition) is 2. The van der Waals surface area contributed by atoms with Gasteiger partial charge in [-0.3, -0.25) is 4.79 Å². The fourth-order valence-corrected chi connectivity index (χ4v) is 2.41. The van der Waals surface area contributed by atoms with E-state index in [9.17, 15) is 4.79 Å². The van der Waals surface area contributed by atoms with E-state index >= 15 is 0 Å². The zero-order valence-corrected chi connectivity index (χ0v) is 10.4. The molecule has 1 heterocycles. The number of benzene rings is 2. The topological polar surface area (TPSA) is 58.9 Å². The van der Waals surface area contributed by atoms with Crippen LogP contribution in [0.4, 0.5) is 0 Å². The van der Waals surface area contributed by atoms with Crippen LogP contribution in [-0.2, 0) is 11.2 Å². The molecule has 19 heavy (non-hydrogen) atoms. The van der Waals surface area contributed by atoms with E-state index < -0.39 is 0 Å². The lowest BCUT2D eigenvalue weighted by Gasteiger charge is -2.03. The van der Waals surface area contributed by atoms with Crippen molar-refractivity contribution in [2.75, 3.05) is 0 Å². The lowest BCUT2D eigenvalue weighted by molar-refractivity contribution is -0.117.